The number of piperidine rings is 1. The summed E-state index contributed by atoms with van der Waals surface area (Å²) in [7, 11) is 0. The maximum absolute atomic E-state index is 14.2. The molecule has 1 aliphatic carbocycles. The molecule has 7 nitrogen and oxygen atoms in total. The van der Waals surface area contributed by atoms with Crippen molar-refractivity contribution in [1.29, 1.82) is 0 Å². The lowest BCUT2D eigenvalue weighted by Gasteiger charge is -2.29. The fourth-order valence-electron chi connectivity index (χ4n) is 6.79. The van der Waals surface area contributed by atoms with Gasteiger partial charge in [-0.2, -0.15) is 0 Å². The first-order chi connectivity index (χ1) is 19.1. The summed E-state index contributed by atoms with van der Waals surface area (Å²) in [6, 6.07) is 4.00. The lowest BCUT2D eigenvalue weighted by Crippen LogP contribution is -2.38. The van der Waals surface area contributed by atoms with Crippen LogP contribution in [0.1, 0.15) is 81.0 Å². The highest BCUT2D eigenvalue weighted by Crippen LogP contribution is 2.44. The number of hydrogen-bond donors (Lipinski definition) is 0. The third kappa shape index (κ3) is 4.08. The van der Waals surface area contributed by atoms with E-state index in [2.05, 4.69) is 9.88 Å². The van der Waals surface area contributed by atoms with Crippen molar-refractivity contribution in [1.82, 2.24) is 14.5 Å². The Bertz CT molecular complexity index is 1620. The molecule has 0 bridgehead atoms. The standard InChI is InChI=1S/C31H33F2N3O4/c1-4-31(40-27(38)8-11-35-9-6-5-7-10-35)21-14-25-29-20(16-36(25)30(39)18(21)13-26(31)37)28(17(2)3)19-12-22(32)23(33)15-24(19)34-29/h12,14-15,17H,4-11,13,16H2,1-3H3. The minimum atomic E-state index is -1.53. The number of benzene rings is 1. The number of fused-ring (bicyclic) bond motifs is 5. The number of ether oxygens (including phenoxy) is 1. The zero-order valence-corrected chi connectivity index (χ0v) is 23.1. The Labute approximate surface area is 231 Å². The summed E-state index contributed by atoms with van der Waals surface area (Å²) in [4.78, 5) is 47.2. The van der Waals surface area contributed by atoms with Gasteiger partial charge in [0.25, 0.3) is 5.56 Å². The van der Waals surface area contributed by atoms with Crippen molar-refractivity contribution in [3.05, 3.63) is 62.4 Å². The van der Waals surface area contributed by atoms with Gasteiger partial charge in [-0.15, -0.1) is 0 Å². The molecule has 2 aliphatic heterocycles. The monoisotopic (exact) mass is 549 g/mol. The van der Waals surface area contributed by atoms with Crippen LogP contribution < -0.4 is 5.56 Å². The molecule has 1 unspecified atom stereocenters. The fourth-order valence-corrected chi connectivity index (χ4v) is 6.79. The molecule has 1 fully saturated rings. The molecule has 0 radical (unpaired) electrons. The molecule has 1 aromatic carbocycles. The van der Waals surface area contributed by atoms with E-state index in [1.807, 2.05) is 13.8 Å². The lowest BCUT2D eigenvalue weighted by atomic mass is 9.90. The number of carbonyl (C=O) groups excluding carboxylic acids is 2. The predicted molar refractivity (Wildman–Crippen MR) is 146 cm³/mol. The van der Waals surface area contributed by atoms with E-state index < -0.39 is 23.2 Å². The molecular weight excluding hydrogens is 516 g/mol. The van der Waals surface area contributed by atoms with Crippen LogP contribution >= 0.6 is 0 Å². The Balaban J connectivity index is 1.43. The van der Waals surface area contributed by atoms with Crippen LogP contribution in [0.15, 0.2) is 23.0 Å². The first kappa shape index (κ1) is 26.7. The number of esters is 1. The average Bonchev–Trinajstić information content (AvgIpc) is 3.43. The van der Waals surface area contributed by atoms with Gasteiger partial charge in [0.1, 0.15) is 0 Å². The summed E-state index contributed by atoms with van der Waals surface area (Å²) in [5, 5.41) is 0.516. The van der Waals surface area contributed by atoms with Gasteiger partial charge in [0, 0.05) is 41.1 Å². The molecule has 0 N–H and O–H groups in total. The Morgan fingerprint density at radius 3 is 2.50 bits per heavy atom. The van der Waals surface area contributed by atoms with Crippen molar-refractivity contribution in [3.63, 3.8) is 0 Å². The first-order valence-corrected chi connectivity index (χ1v) is 14.2. The summed E-state index contributed by atoms with van der Waals surface area (Å²) < 4.78 is 36.0. The molecule has 6 rings (SSSR count). The van der Waals surface area contributed by atoms with Crippen molar-refractivity contribution < 1.29 is 23.1 Å². The lowest BCUT2D eigenvalue weighted by molar-refractivity contribution is -0.168. The third-order valence-corrected chi connectivity index (χ3v) is 8.80. The second-order valence-corrected chi connectivity index (χ2v) is 11.5. The molecule has 1 saturated heterocycles. The Kier molecular flexibility index (Phi) is 6.60. The minimum Gasteiger partial charge on any atom is -0.446 e. The summed E-state index contributed by atoms with van der Waals surface area (Å²) in [6.07, 6.45) is 3.69. The van der Waals surface area contributed by atoms with Crippen molar-refractivity contribution >= 4 is 22.7 Å². The van der Waals surface area contributed by atoms with Crippen LogP contribution in [0.3, 0.4) is 0 Å². The van der Waals surface area contributed by atoms with Crippen molar-refractivity contribution in [2.75, 3.05) is 19.6 Å². The van der Waals surface area contributed by atoms with E-state index in [0.29, 0.717) is 40.0 Å². The Hall–Kier alpha value is -3.46. The predicted octanol–water partition coefficient (Wildman–Crippen LogP) is 4.98. The molecule has 40 heavy (non-hydrogen) atoms. The van der Waals surface area contributed by atoms with Gasteiger partial charge in [-0.25, -0.2) is 13.8 Å². The van der Waals surface area contributed by atoms with Gasteiger partial charge in [-0.05, 0) is 56.0 Å². The molecule has 0 saturated carbocycles. The van der Waals surface area contributed by atoms with Crippen LogP contribution in [-0.4, -0.2) is 45.8 Å². The van der Waals surface area contributed by atoms with Crippen molar-refractivity contribution in [2.24, 2.45) is 0 Å². The first-order valence-electron chi connectivity index (χ1n) is 14.2. The van der Waals surface area contributed by atoms with Crippen LogP contribution in [0, 0.1) is 11.6 Å². The Morgan fingerprint density at radius 2 is 1.80 bits per heavy atom. The van der Waals surface area contributed by atoms with E-state index in [1.165, 1.54) is 12.5 Å². The van der Waals surface area contributed by atoms with E-state index in [0.717, 1.165) is 43.1 Å². The molecule has 2 aromatic heterocycles. The van der Waals surface area contributed by atoms with Crippen LogP contribution in [0.25, 0.3) is 22.3 Å². The highest BCUT2D eigenvalue weighted by Gasteiger charge is 2.50. The van der Waals surface area contributed by atoms with Gasteiger partial charge in [-0.3, -0.25) is 14.4 Å². The SMILES string of the molecule is CCC1(OC(=O)CCN2CCCCC2)C(=O)Cc2c1cc1n(c2=O)Cc2c-1nc1cc(F)c(F)cc1c2C(C)C. The largest absolute Gasteiger partial charge is 0.446 e. The summed E-state index contributed by atoms with van der Waals surface area (Å²) >= 11 is 0. The van der Waals surface area contributed by atoms with Crippen LogP contribution in [0.5, 0.6) is 0 Å². The van der Waals surface area contributed by atoms with E-state index in [4.69, 9.17) is 4.74 Å². The number of Topliss-reactive ketones (excluding diaryl/α,β-unsaturated/α-hetero) is 1. The van der Waals surface area contributed by atoms with Gasteiger partial charge >= 0.3 is 5.97 Å². The molecule has 3 aliphatic rings. The highest BCUT2D eigenvalue weighted by atomic mass is 19.2. The molecular formula is C31H33F2N3O4. The smallest absolute Gasteiger partial charge is 0.308 e. The van der Waals surface area contributed by atoms with Gasteiger partial charge < -0.3 is 14.2 Å². The number of rotatable bonds is 6. The highest BCUT2D eigenvalue weighted by molar-refractivity contribution is 5.97. The normalized spacial score (nSPS) is 20.2. The zero-order valence-electron chi connectivity index (χ0n) is 23.1. The average molecular weight is 550 g/mol. The van der Waals surface area contributed by atoms with Crippen LogP contribution in [-0.2, 0) is 32.9 Å². The number of halogens is 2. The molecule has 0 spiro atoms. The quantitative estimate of drug-likeness (QED) is 0.316. The van der Waals surface area contributed by atoms with Gasteiger partial charge in [0.15, 0.2) is 23.0 Å². The summed E-state index contributed by atoms with van der Waals surface area (Å²) in [6.45, 7) is 8.41. The summed E-state index contributed by atoms with van der Waals surface area (Å²) in [5.41, 5.74) is 1.77. The Morgan fingerprint density at radius 1 is 1.07 bits per heavy atom. The maximum atomic E-state index is 14.2. The van der Waals surface area contributed by atoms with E-state index >= 15 is 0 Å². The number of pyridine rings is 2. The molecule has 4 heterocycles. The second-order valence-electron chi connectivity index (χ2n) is 11.5. The molecule has 9 heteroatoms. The third-order valence-electron chi connectivity index (χ3n) is 8.80. The molecule has 0 amide bonds. The van der Waals surface area contributed by atoms with Gasteiger partial charge in [0.05, 0.1) is 29.9 Å². The second kappa shape index (κ2) is 9.87. The van der Waals surface area contributed by atoms with E-state index in [9.17, 15) is 23.2 Å². The maximum Gasteiger partial charge on any atom is 0.308 e. The van der Waals surface area contributed by atoms with Gasteiger partial charge in [0.2, 0.25) is 0 Å². The summed E-state index contributed by atoms with van der Waals surface area (Å²) in [5.74, 6) is -2.75. The van der Waals surface area contributed by atoms with Crippen LogP contribution in [0.2, 0.25) is 0 Å². The number of aromatic nitrogens is 2. The minimum absolute atomic E-state index is 0.0434. The number of nitrogens with zero attached hydrogens (tertiary/aromatic N) is 3. The number of carbonyl (C=O) groups is 2. The number of likely N-dealkylation sites (tertiary alicyclic amines) is 1. The molecule has 3 aromatic rings. The fraction of sp³-hybridized carbons (Fsp3) is 0.484. The zero-order chi connectivity index (χ0) is 28.3. The molecule has 210 valence electrons. The van der Waals surface area contributed by atoms with Crippen molar-refractivity contribution in [2.45, 2.75) is 77.4 Å². The number of hydrogen-bond acceptors (Lipinski definition) is 6. The molecule has 1 atom stereocenters. The van der Waals surface area contributed by atoms with Crippen LogP contribution in [0.4, 0.5) is 8.78 Å². The van der Waals surface area contributed by atoms with Gasteiger partial charge in [-0.1, -0.05) is 27.2 Å². The van der Waals surface area contributed by atoms with E-state index in [-0.39, 0.29) is 43.1 Å². The number of ketones is 1. The van der Waals surface area contributed by atoms with Crippen molar-refractivity contribution in [3.8, 4) is 11.4 Å². The van der Waals surface area contributed by atoms with E-state index in [1.54, 1.807) is 17.6 Å². The topological polar surface area (TPSA) is 81.5 Å².